The third kappa shape index (κ3) is 4.88. The number of benzene rings is 1. The van der Waals surface area contributed by atoms with Gasteiger partial charge in [0.05, 0.1) is 19.9 Å². The van der Waals surface area contributed by atoms with E-state index in [0.29, 0.717) is 22.9 Å². The van der Waals surface area contributed by atoms with Gasteiger partial charge in [0.25, 0.3) is 5.91 Å². The molecule has 0 unspecified atom stereocenters. The Balaban J connectivity index is 2.22. The molecule has 0 fully saturated rings. The lowest BCUT2D eigenvalue weighted by Gasteiger charge is -2.21. The number of amides is 1. The van der Waals surface area contributed by atoms with Crippen LogP contribution in [0.25, 0.3) is 0 Å². The zero-order valence-corrected chi connectivity index (χ0v) is 15.9. The van der Waals surface area contributed by atoms with Gasteiger partial charge in [0.1, 0.15) is 17.3 Å². The fraction of sp³-hybridized carbons (Fsp3) is 0.400. The molecule has 0 aliphatic rings. The molecule has 0 saturated carbocycles. The Bertz CT molecular complexity index is 728. The number of pyridine rings is 1. The molecule has 0 radical (unpaired) electrons. The Morgan fingerprint density at radius 2 is 1.81 bits per heavy atom. The summed E-state index contributed by atoms with van der Waals surface area (Å²) >= 11 is 0. The van der Waals surface area contributed by atoms with E-state index in [9.17, 15) is 4.79 Å². The predicted octanol–water partition coefficient (Wildman–Crippen LogP) is 4.10. The lowest BCUT2D eigenvalue weighted by Crippen LogP contribution is -2.32. The Hall–Kier alpha value is -2.76. The number of aromatic nitrogens is 1. The summed E-state index contributed by atoms with van der Waals surface area (Å²) in [6, 6.07) is 9.00. The van der Waals surface area contributed by atoms with Crippen LogP contribution < -0.4 is 14.8 Å². The maximum atomic E-state index is 12.8. The van der Waals surface area contributed by atoms with Crippen molar-refractivity contribution in [2.24, 2.45) is 0 Å². The van der Waals surface area contributed by atoms with Crippen molar-refractivity contribution >= 4 is 17.4 Å². The van der Waals surface area contributed by atoms with Crippen molar-refractivity contribution in [3.8, 4) is 11.5 Å². The quantitative estimate of drug-likeness (QED) is 0.732. The van der Waals surface area contributed by atoms with E-state index in [1.54, 1.807) is 38.6 Å². The number of hydrogen-bond acceptors (Lipinski definition) is 5. The highest BCUT2D eigenvalue weighted by molar-refractivity contribution is 5.95. The van der Waals surface area contributed by atoms with E-state index in [0.717, 1.165) is 31.6 Å². The largest absolute Gasteiger partial charge is 0.497 e. The molecule has 0 bridgehead atoms. The van der Waals surface area contributed by atoms with Crippen molar-refractivity contribution in [1.82, 2.24) is 9.88 Å². The van der Waals surface area contributed by atoms with E-state index in [1.807, 2.05) is 17.0 Å². The van der Waals surface area contributed by atoms with Gasteiger partial charge in [-0.3, -0.25) is 4.79 Å². The van der Waals surface area contributed by atoms with Crippen LogP contribution in [0.2, 0.25) is 0 Å². The maximum absolute atomic E-state index is 12.8. The summed E-state index contributed by atoms with van der Waals surface area (Å²) in [7, 11) is 3.21. The fourth-order valence-electron chi connectivity index (χ4n) is 2.71. The maximum Gasteiger partial charge on any atom is 0.254 e. The van der Waals surface area contributed by atoms with Gasteiger partial charge in [0.2, 0.25) is 0 Å². The minimum Gasteiger partial charge on any atom is -0.497 e. The first kappa shape index (κ1) is 19.6. The SMILES string of the molecule is CCCN(CCC)C(=O)c1ccnc(Nc2ccc(OC)cc2OC)c1. The Morgan fingerprint density at radius 1 is 1.08 bits per heavy atom. The van der Waals surface area contributed by atoms with E-state index in [-0.39, 0.29) is 5.91 Å². The third-order valence-electron chi connectivity index (χ3n) is 3.95. The van der Waals surface area contributed by atoms with Gasteiger partial charge in [-0.05, 0) is 37.1 Å². The first-order chi connectivity index (χ1) is 12.6. The van der Waals surface area contributed by atoms with Crippen LogP contribution in [0.15, 0.2) is 36.5 Å². The van der Waals surface area contributed by atoms with Gasteiger partial charge >= 0.3 is 0 Å². The van der Waals surface area contributed by atoms with Crippen LogP contribution >= 0.6 is 0 Å². The van der Waals surface area contributed by atoms with Gasteiger partial charge in [-0.2, -0.15) is 0 Å². The number of ether oxygens (including phenoxy) is 2. The Kier molecular flexibility index (Phi) is 7.26. The number of nitrogens with one attached hydrogen (secondary N) is 1. The van der Waals surface area contributed by atoms with E-state index in [4.69, 9.17) is 9.47 Å². The van der Waals surface area contributed by atoms with Crippen molar-refractivity contribution in [2.45, 2.75) is 26.7 Å². The minimum absolute atomic E-state index is 0.0286. The van der Waals surface area contributed by atoms with Gasteiger partial charge in [0, 0.05) is 30.9 Å². The van der Waals surface area contributed by atoms with Crippen LogP contribution in [-0.2, 0) is 0 Å². The van der Waals surface area contributed by atoms with Crippen molar-refractivity contribution in [3.05, 3.63) is 42.1 Å². The summed E-state index contributed by atoms with van der Waals surface area (Å²) in [5, 5.41) is 3.21. The fourth-order valence-corrected chi connectivity index (χ4v) is 2.71. The molecule has 1 amide bonds. The Labute approximate surface area is 155 Å². The molecule has 0 saturated heterocycles. The zero-order valence-electron chi connectivity index (χ0n) is 15.9. The van der Waals surface area contributed by atoms with Crippen LogP contribution in [0.1, 0.15) is 37.0 Å². The smallest absolute Gasteiger partial charge is 0.254 e. The average Bonchev–Trinajstić information content (AvgIpc) is 2.67. The summed E-state index contributed by atoms with van der Waals surface area (Å²) in [6.07, 6.45) is 3.51. The molecule has 1 heterocycles. The van der Waals surface area contributed by atoms with E-state index >= 15 is 0 Å². The number of anilines is 2. The van der Waals surface area contributed by atoms with Crippen molar-refractivity contribution in [2.75, 3.05) is 32.6 Å². The first-order valence-corrected chi connectivity index (χ1v) is 8.87. The molecule has 26 heavy (non-hydrogen) atoms. The van der Waals surface area contributed by atoms with Crippen molar-refractivity contribution in [3.63, 3.8) is 0 Å². The van der Waals surface area contributed by atoms with E-state index in [1.165, 1.54) is 0 Å². The topological polar surface area (TPSA) is 63.7 Å². The summed E-state index contributed by atoms with van der Waals surface area (Å²) in [5.74, 6) is 1.97. The van der Waals surface area contributed by atoms with Gasteiger partial charge in [-0.1, -0.05) is 13.8 Å². The van der Waals surface area contributed by atoms with Gasteiger partial charge in [-0.15, -0.1) is 0 Å². The average molecular weight is 357 g/mol. The first-order valence-electron chi connectivity index (χ1n) is 8.87. The van der Waals surface area contributed by atoms with E-state index < -0.39 is 0 Å². The lowest BCUT2D eigenvalue weighted by molar-refractivity contribution is 0.0755. The molecule has 6 nitrogen and oxygen atoms in total. The number of methoxy groups -OCH3 is 2. The number of hydrogen-bond donors (Lipinski definition) is 1. The molecule has 6 heteroatoms. The molecule has 0 aliphatic carbocycles. The molecule has 1 aromatic heterocycles. The second-order valence-corrected chi connectivity index (χ2v) is 5.91. The van der Waals surface area contributed by atoms with E-state index in [2.05, 4.69) is 24.1 Å². The monoisotopic (exact) mass is 357 g/mol. The summed E-state index contributed by atoms with van der Waals surface area (Å²) < 4.78 is 10.6. The molecule has 1 aromatic carbocycles. The number of carbonyl (C=O) groups is 1. The standard InChI is InChI=1S/C20H27N3O3/c1-5-11-23(12-6-2)20(24)15-9-10-21-19(13-15)22-17-8-7-16(25-3)14-18(17)26-4/h7-10,13-14H,5-6,11-12H2,1-4H3,(H,21,22). The minimum atomic E-state index is 0.0286. The van der Waals surface area contributed by atoms with Crippen LogP contribution in [0, 0.1) is 0 Å². The van der Waals surface area contributed by atoms with Crippen LogP contribution in [-0.4, -0.2) is 43.1 Å². The summed E-state index contributed by atoms with van der Waals surface area (Å²) in [5.41, 5.74) is 1.38. The molecule has 0 spiro atoms. The van der Waals surface area contributed by atoms with Gasteiger partial charge in [0.15, 0.2) is 0 Å². The number of carbonyl (C=O) groups excluding carboxylic acids is 1. The molecule has 0 atom stereocenters. The van der Waals surface area contributed by atoms with Crippen LogP contribution in [0.5, 0.6) is 11.5 Å². The molecule has 1 N–H and O–H groups in total. The van der Waals surface area contributed by atoms with Gasteiger partial charge in [-0.25, -0.2) is 4.98 Å². The highest BCUT2D eigenvalue weighted by Gasteiger charge is 2.15. The number of nitrogens with zero attached hydrogens (tertiary/aromatic N) is 2. The van der Waals surface area contributed by atoms with Crippen LogP contribution in [0.4, 0.5) is 11.5 Å². The lowest BCUT2D eigenvalue weighted by atomic mass is 10.2. The molecule has 2 rings (SSSR count). The number of rotatable bonds is 9. The Morgan fingerprint density at radius 3 is 2.42 bits per heavy atom. The van der Waals surface area contributed by atoms with Crippen molar-refractivity contribution in [1.29, 1.82) is 0 Å². The highest BCUT2D eigenvalue weighted by Crippen LogP contribution is 2.31. The molecule has 0 aliphatic heterocycles. The normalized spacial score (nSPS) is 10.3. The highest BCUT2D eigenvalue weighted by atomic mass is 16.5. The predicted molar refractivity (Wildman–Crippen MR) is 104 cm³/mol. The zero-order chi connectivity index (χ0) is 18.9. The van der Waals surface area contributed by atoms with Crippen molar-refractivity contribution < 1.29 is 14.3 Å². The van der Waals surface area contributed by atoms with Gasteiger partial charge < -0.3 is 19.7 Å². The second-order valence-electron chi connectivity index (χ2n) is 5.91. The molecule has 140 valence electrons. The third-order valence-corrected chi connectivity index (χ3v) is 3.95. The summed E-state index contributed by atoms with van der Waals surface area (Å²) in [4.78, 5) is 19.0. The second kappa shape index (κ2) is 9.65. The summed E-state index contributed by atoms with van der Waals surface area (Å²) in [6.45, 7) is 5.66. The molecule has 2 aromatic rings. The molecular formula is C20H27N3O3. The molecular weight excluding hydrogens is 330 g/mol. The van der Waals surface area contributed by atoms with Crippen LogP contribution in [0.3, 0.4) is 0 Å².